The molecule has 1 aliphatic carbocycles. The molecule has 0 unspecified atom stereocenters. The van der Waals surface area contributed by atoms with Gasteiger partial charge in [-0.05, 0) is 31.0 Å². The number of methoxy groups -OCH3 is 1. The first-order chi connectivity index (χ1) is 11.7. The van der Waals surface area contributed by atoms with E-state index in [9.17, 15) is 4.79 Å². The van der Waals surface area contributed by atoms with Gasteiger partial charge in [-0.15, -0.1) is 0 Å². The lowest BCUT2D eigenvalue weighted by atomic mass is 9.84. The molecule has 24 heavy (non-hydrogen) atoms. The van der Waals surface area contributed by atoms with Crippen molar-refractivity contribution in [2.75, 3.05) is 20.2 Å². The molecule has 6 heteroatoms. The van der Waals surface area contributed by atoms with Gasteiger partial charge in [0.05, 0.1) is 17.3 Å². The SMILES string of the molecule is COc1ccc2nc(OC3CCN(C(=O)C4CCC4)CC3)sc2c1. The van der Waals surface area contributed by atoms with Gasteiger partial charge in [0.1, 0.15) is 11.9 Å². The first-order valence-electron chi connectivity index (χ1n) is 8.63. The number of hydrogen-bond acceptors (Lipinski definition) is 5. The summed E-state index contributed by atoms with van der Waals surface area (Å²) in [4.78, 5) is 18.9. The molecule has 1 aromatic heterocycles. The maximum atomic E-state index is 12.3. The van der Waals surface area contributed by atoms with Crippen molar-refractivity contribution in [1.82, 2.24) is 9.88 Å². The van der Waals surface area contributed by atoms with Gasteiger partial charge in [0, 0.05) is 31.8 Å². The Morgan fingerprint density at radius 2 is 2.04 bits per heavy atom. The average molecular weight is 346 g/mol. The lowest BCUT2D eigenvalue weighted by Gasteiger charge is -2.36. The minimum absolute atomic E-state index is 0.151. The van der Waals surface area contributed by atoms with Crippen LogP contribution in [0.15, 0.2) is 18.2 Å². The van der Waals surface area contributed by atoms with Crippen molar-refractivity contribution in [2.45, 2.75) is 38.2 Å². The van der Waals surface area contributed by atoms with Gasteiger partial charge in [-0.2, -0.15) is 0 Å². The number of amides is 1. The van der Waals surface area contributed by atoms with Crippen molar-refractivity contribution < 1.29 is 14.3 Å². The van der Waals surface area contributed by atoms with Crippen molar-refractivity contribution >= 4 is 27.5 Å². The van der Waals surface area contributed by atoms with E-state index in [0.29, 0.717) is 17.0 Å². The Labute approximate surface area is 145 Å². The van der Waals surface area contributed by atoms with E-state index in [0.717, 1.165) is 54.7 Å². The summed E-state index contributed by atoms with van der Waals surface area (Å²) in [6.07, 6.45) is 5.28. The second kappa shape index (κ2) is 6.59. The van der Waals surface area contributed by atoms with Gasteiger partial charge < -0.3 is 14.4 Å². The molecule has 5 nitrogen and oxygen atoms in total. The van der Waals surface area contributed by atoms with Gasteiger partial charge in [-0.1, -0.05) is 17.8 Å². The summed E-state index contributed by atoms with van der Waals surface area (Å²) in [6, 6.07) is 5.85. The van der Waals surface area contributed by atoms with Crippen molar-refractivity contribution in [3.63, 3.8) is 0 Å². The zero-order chi connectivity index (χ0) is 16.5. The quantitative estimate of drug-likeness (QED) is 0.850. The molecule has 1 saturated carbocycles. The van der Waals surface area contributed by atoms with Gasteiger partial charge in [-0.3, -0.25) is 4.79 Å². The maximum Gasteiger partial charge on any atom is 0.274 e. The largest absolute Gasteiger partial charge is 0.497 e. The van der Waals surface area contributed by atoms with Crippen LogP contribution in [0.5, 0.6) is 10.9 Å². The fourth-order valence-corrected chi connectivity index (χ4v) is 4.22. The number of carbonyl (C=O) groups is 1. The molecule has 2 heterocycles. The lowest BCUT2D eigenvalue weighted by molar-refractivity contribution is -0.140. The number of fused-ring (bicyclic) bond motifs is 1. The first-order valence-corrected chi connectivity index (χ1v) is 9.44. The lowest BCUT2D eigenvalue weighted by Crippen LogP contribution is -2.45. The maximum absolute atomic E-state index is 12.3. The molecule has 0 bridgehead atoms. The Morgan fingerprint density at radius 3 is 2.71 bits per heavy atom. The summed E-state index contributed by atoms with van der Waals surface area (Å²) >= 11 is 1.55. The van der Waals surface area contributed by atoms with E-state index in [1.807, 2.05) is 23.1 Å². The number of ether oxygens (including phenoxy) is 2. The van der Waals surface area contributed by atoms with E-state index < -0.39 is 0 Å². The number of nitrogens with zero attached hydrogens (tertiary/aromatic N) is 2. The van der Waals surface area contributed by atoms with Crippen LogP contribution in [-0.4, -0.2) is 42.1 Å². The molecular weight excluding hydrogens is 324 g/mol. The number of likely N-dealkylation sites (tertiary alicyclic amines) is 1. The summed E-state index contributed by atoms with van der Waals surface area (Å²) in [5.74, 6) is 1.48. The van der Waals surface area contributed by atoms with Crippen LogP contribution in [0.4, 0.5) is 0 Å². The van der Waals surface area contributed by atoms with Crippen molar-refractivity contribution in [2.24, 2.45) is 5.92 Å². The van der Waals surface area contributed by atoms with Crippen molar-refractivity contribution in [3.8, 4) is 10.9 Å². The van der Waals surface area contributed by atoms with Crippen LogP contribution in [0, 0.1) is 5.92 Å². The fourth-order valence-electron chi connectivity index (χ4n) is 3.31. The Balaban J connectivity index is 1.35. The van der Waals surface area contributed by atoms with Gasteiger partial charge in [0.2, 0.25) is 5.91 Å². The van der Waals surface area contributed by atoms with E-state index in [2.05, 4.69) is 4.98 Å². The molecule has 0 spiro atoms. The highest BCUT2D eigenvalue weighted by Gasteiger charge is 2.32. The highest BCUT2D eigenvalue weighted by Crippen LogP contribution is 2.33. The molecular formula is C18H22N2O3S. The number of aromatic nitrogens is 1. The first kappa shape index (κ1) is 15.7. The predicted octanol–water partition coefficient (Wildman–Crippen LogP) is 3.47. The van der Waals surface area contributed by atoms with E-state index in [4.69, 9.17) is 9.47 Å². The normalized spacial score (nSPS) is 19.3. The molecule has 2 aliphatic rings. The van der Waals surface area contributed by atoms with Crippen LogP contribution in [0.25, 0.3) is 10.2 Å². The third kappa shape index (κ3) is 3.07. The van der Waals surface area contributed by atoms with Crippen LogP contribution in [0.3, 0.4) is 0 Å². The van der Waals surface area contributed by atoms with Crippen LogP contribution in [-0.2, 0) is 4.79 Å². The molecule has 128 valence electrons. The van der Waals surface area contributed by atoms with Crippen molar-refractivity contribution in [3.05, 3.63) is 18.2 Å². The Morgan fingerprint density at radius 1 is 1.25 bits per heavy atom. The molecule has 0 atom stereocenters. The zero-order valence-electron chi connectivity index (χ0n) is 13.9. The van der Waals surface area contributed by atoms with E-state index >= 15 is 0 Å². The van der Waals surface area contributed by atoms with Crippen LogP contribution in [0.2, 0.25) is 0 Å². The number of benzene rings is 1. The molecule has 2 fully saturated rings. The monoisotopic (exact) mass is 346 g/mol. The summed E-state index contributed by atoms with van der Waals surface area (Å²) in [6.45, 7) is 1.61. The van der Waals surface area contributed by atoms with E-state index in [1.165, 1.54) is 6.42 Å². The van der Waals surface area contributed by atoms with E-state index in [1.54, 1.807) is 18.4 Å². The van der Waals surface area contributed by atoms with Crippen LogP contribution in [0.1, 0.15) is 32.1 Å². The Hall–Kier alpha value is -1.82. The topological polar surface area (TPSA) is 51.7 Å². The highest BCUT2D eigenvalue weighted by molar-refractivity contribution is 7.20. The standard InChI is InChI=1S/C18H22N2O3S/c1-22-14-5-6-15-16(11-14)24-18(19-15)23-13-7-9-20(10-8-13)17(21)12-3-2-4-12/h5-6,11-13H,2-4,7-10H2,1H3. The Bertz CT molecular complexity index is 733. The van der Waals surface area contributed by atoms with Gasteiger partial charge in [0.15, 0.2) is 0 Å². The third-order valence-corrected chi connectivity index (χ3v) is 5.96. The summed E-state index contributed by atoms with van der Waals surface area (Å²) in [5, 5.41) is 0.710. The smallest absolute Gasteiger partial charge is 0.274 e. The molecule has 0 N–H and O–H groups in total. The minimum Gasteiger partial charge on any atom is -0.497 e. The van der Waals surface area contributed by atoms with Gasteiger partial charge in [-0.25, -0.2) is 4.98 Å². The Kier molecular flexibility index (Phi) is 4.31. The molecule has 1 aromatic carbocycles. The fraction of sp³-hybridized carbons (Fsp3) is 0.556. The highest BCUT2D eigenvalue weighted by atomic mass is 32.1. The number of rotatable bonds is 4. The number of hydrogen-bond donors (Lipinski definition) is 0. The second-order valence-electron chi connectivity index (χ2n) is 6.58. The minimum atomic E-state index is 0.151. The molecule has 4 rings (SSSR count). The molecule has 1 aliphatic heterocycles. The summed E-state index contributed by atoms with van der Waals surface area (Å²) in [7, 11) is 1.66. The van der Waals surface area contributed by atoms with Crippen LogP contribution >= 0.6 is 11.3 Å². The van der Waals surface area contributed by atoms with Gasteiger partial charge in [0.25, 0.3) is 5.19 Å². The number of carbonyl (C=O) groups excluding carboxylic acids is 1. The zero-order valence-corrected chi connectivity index (χ0v) is 14.7. The average Bonchev–Trinajstić information content (AvgIpc) is 2.95. The second-order valence-corrected chi connectivity index (χ2v) is 7.58. The predicted molar refractivity (Wildman–Crippen MR) is 93.7 cm³/mol. The van der Waals surface area contributed by atoms with Crippen molar-refractivity contribution in [1.29, 1.82) is 0 Å². The number of thiazole rings is 1. The summed E-state index contributed by atoms with van der Waals surface area (Å²) in [5.41, 5.74) is 0.938. The number of piperidine rings is 1. The molecule has 1 amide bonds. The third-order valence-electron chi connectivity index (χ3n) is 5.05. The van der Waals surface area contributed by atoms with Gasteiger partial charge >= 0.3 is 0 Å². The van der Waals surface area contributed by atoms with E-state index in [-0.39, 0.29) is 6.10 Å². The van der Waals surface area contributed by atoms with Crippen LogP contribution < -0.4 is 9.47 Å². The summed E-state index contributed by atoms with van der Waals surface area (Å²) < 4.78 is 12.4. The molecule has 1 saturated heterocycles. The molecule has 2 aromatic rings. The molecule has 0 radical (unpaired) electrons.